The van der Waals surface area contributed by atoms with Gasteiger partial charge in [-0.25, -0.2) is 19.1 Å². The maximum absolute atomic E-state index is 13.5. The second kappa shape index (κ2) is 9.72. The minimum absolute atomic E-state index is 0.0630. The molecule has 34 heavy (non-hydrogen) atoms. The van der Waals surface area contributed by atoms with E-state index in [-0.39, 0.29) is 12.2 Å². The number of aliphatic carboxylic acids is 1. The molecule has 10 heteroatoms. The number of rotatable bonds is 6. The molecule has 0 aliphatic carbocycles. The summed E-state index contributed by atoms with van der Waals surface area (Å²) in [7, 11) is 0. The number of halogens is 1. The third-order valence-corrected chi connectivity index (χ3v) is 6.28. The minimum Gasteiger partial charge on any atom is -0.493 e. The van der Waals surface area contributed by atoms with Gasteiger partial charge in [-0.1, -0.05) is 23.7 Å². The lowest BCUT2D eigenvalue weighted by molar-refractivity contribution is -0.142. The van der Waals surface area contributed by atoms with Gasteiger partial charge in [-0.05, 0) is 68.1 Å². The largest absolute Gasteiger partial charge is 0.493 e. The van der Waals surface area contributed by atoms with Crippen LogP contribution in [0.15, 0.2) is 57.0 Å². The highest BCUT2D eigenvalue weighted by molar-refractivity contribution is 6.30. The SMILES string of the molecule is C[C@@H](C(=O)O)[C@H](C)n1c(=O)[nH]/c(=N\c2ccc3c(c2)CCCO3)n(Cc2ccc(Cl)cc2)c1=O. The molecule has 0 spiro atoms. The molecule has 0 amide bonds. The maximum atomic E-state index is 13.5. The third-order valence-electron chi connectivity index (χ3n) is 6.03. The summed E-state index contributed by atoms with van der Waals surface area (Å²) >= 11 is 5.99. The number of aryl methyl sites for hydroxylation is 1. The van der Waals surface area contributed by atoms with Crippen LogP contribution in [0, 0.1) is 5.92 Å². The van der Waals surface area contributed by atoms with E-state index in [4.69, 9.17) is 16.3 Å². The quantitative estimate of drug-likeness (QED) is 0.557. The van der Waals surface area contributed by atoms with Crippen LogP contribution in [-0.2, 0) is 17.8 Å². The van der Waals surface area contributed by atoms with Gasteiger partial charge in [-0.3, -0.25) is 14.3 Å². The Kier molecular flexibility index (Phi) is 6.74. The van der Waals surface area contributed by atoms with Crippen LogP contribution in [0.2, 0.25) is 5.02 Å². The first-order chi connectivity index (χ1) is 16.2. The standard InChI is InChI=1S/C24H25ClN4O5/c1-14(21(30)31)15(2)29-23(32)27-22(26-19-9-10-20-17(12-19)4-3-11-34-20)28(24(29)33)13-16-5-7-18(25)8-6-16/h5-10,12,14-15H,3-4,11,13H2,1-2H3,(H,30,31)(H,26,27,32)/t14-,15+/m1/s1. The monoisotopic (exact) mass is 484 g/mol. The number of hydrogen-bond acceptors (Lipinski definition) is 5. The summed E-state index contributed by atoms with van der Waals surface area (Å²) in [6.07, 6.45) is 1.76. The summed E-state index contributed by atoms with van der Waals surface area (Å²) < 4.78 is 7.90. The van der Waals surface area contributed by atoms with Crippen LogP contribution in [0.1, 0.15) is 37.4 Å². The zero-order valence-corrected chi connectivity index (χ0v) is 19.6. The van der Waals surface area contributed by atoms with E-state index < -0.39 is 29.3 Å². The first kappa shape index (κ1) is 23.6. The minimum atomic E-state index is -1.10. The van der Waals surface area contributed by atoms with E-state index >= 15 is 0 Å². The fourth-order valence-electron chi connectivity index (χ4n) is 3.86. The van der Waals surface area contributed by atoms with Gasteiger partial charge in [0.15, 0.2) is 0 Å². The van der Waals surface area contributed by atoms with Crippen molar-refractivity contribution in [2.75, 3.05) is 6.61 Å². The first-order valence-electron chi connectivity index (χ1n) is 11.0. The fourth-order valence-corrected chi connectivity index (χ4v) is 3.99. The highest BCUT2D eigenvalue weighted by Crippen LogP contribution is 2.28. The van der Waals surface area contributed by atoms with Crippen LogP contribution in [0.5, 0.6) is 5.75 Å². The number of H-pyrrole nitrogens is 1. The number of aromatic amines is 1. The molecule has 4 rings (SSSR count). The number of aromatic nitrogens is 3. The maximum Gasteiger partial charge on any atom is 0.335 e. The van der Waals surface area contributed by atoms with Crippen LogP contribution in [0.25, 0.3) is 0 Å². The Labute approximate surface area is 199 Å². The summed E-state index contributed by atoms with van der Waals surface area (Å²) in [6.45, 7) is 3.76. The van der Waals surface area contributed by atoms with Crippen molar-refractivity contribution in [2.24, 2.45) is 10.9 Å². The Morgan fingerprint density at radius 2 is 1.94 bits per heavy atom. The van der Waals surface area contributed by atoms with E-state index in [0.29, 0.717) is 17.3 Å². The van der Waals surface area contributed by atoms with Crippen LogP contribution in [0.3, 0.4) is 0 Å². The van der Waals surface area contributed by atoms with Gasteiger partial charge in [-0.2, -0.15) is 0 Å². The Hall–Kier alpha value is -3.59. The van der Waals surface area contributed by atoms with E-state index in [1.54, 1.807) is 30.3 Å². The van der Waals surface area contributed by atoms with Gasteiger partial charge in [0.2, 0.25) is 5.62 Å². The van der Waals surface area contributed by atoms with Crippen molar-refractivity contribution >= 4 is 23.3 Å². The molecule has 1 aliphatic heterocycles. The lowest BCUT2D eigenvalue weighted by Crippen LogP contribution is -2.52. The molecular formula is C24H25ClN4O5. The number of carboxylic acids is 1. The van der Waals surface area contributed by atoms with Crippen molar-refractivity contribution < 1.29 is 14.6 Å². The van der Waals surface area contributed by atoms with Crippen molar-refractivity contribution in [3.05, 3.63) is 85.2 Å². The predicted molar refractivity (Wildman–Crippen MR) is 127 cm³/mol. The van der Waals surface area contributed by atoms with Gasteiger partial charge in [-0.15, -0.1) is 0 Å². The molecule has 2 heterocycles. The van der Waals surface area contributed by atoms with E-state index in [0.717, 1.165) is 34.3 Å². The van der Waals surface area contributed by atoms with E-state index in [9.17, 15) is 19.5 Å². The molecule has 1 aliphatic rings. The van der Waals surface area contributed by atoms with Gasteiger partial charge in [0.1, 0.15) is 5.75 Å². The molecule has 0 bridgehead atoms. The number of hydrogen-bond donors (Lipinski definition) is 2. The zero-order valence-electron chi connectivity index (χ0n) is 18.8. The highest BCUT2D eigenvalue weighted by Gasteiger charge is 2.25. The van der Waals surface area contributed by atoms with Crippen LogP contribution in [0.4, 0.5) is 5.69 Å². The van der Waals surface area contributed by atoms with E-state index in [1.807, 2.05) is 12.1 Å². The summed E-state index contributed by atoms with van der Waals surface area (Å²) in [4.78, 5) is 45.1. The van der Waals surface area contributed by atoms with Gasteiger partial charge < -0.3 is 9.84 Å². The van der Waals surface area contributed by atoms with Crippen molar-refractivity contribution in [3.63, 3.8) is 0 Å². The number of nitrogens with one attached hydrogen (secondary N) is 1. The number of nitrogens with zero attached hydrogens (tertiary/aromatic N) is 3. The molecule has 2 atom stereocenters. The molecule has 0 fully saturated rings. The molecule has 9 nitrogen and oxygen atoms in total. The highest BCUT2D eigenvalue weighted by atomic mass is 35.5. The Morgan fingerprint density at radius 3 is 2.65 bits per heavy atom. The molecule has 3 aromatic rings. The molecule has 2 N–H and O–H groups in total. The molecule has 0 unspecified atom stereocenters. The molecule has 0 saturated heterocycles. The fraction of sp³-hybridized carbons (Fsp3) is 0.333. The number of fused-ring (bicyclic) bond motifs is 1. The molecule has 0 saturated carbocycles. The number of carbonyl (C=O) groups is 1. The van der Waals surface area contributed by atoms with Crippen molar-refractivity contribution in [2.45, 2.75) is 39.3 Å². The topological polar surface area (TPSA) is 119 Å². The second-order valence-corrected chi connectivity index (χ2v) is 8.78. The number of carboxylic acid groups (broad SMARTS) is 1. The number of ether oxygens (including phenoxy) is 1. The smallest absolute Gasteiger partial charge is 0.335 e. The Morgan fingerprint density at radius 1 is 1.21 bits per heavy atom. The molecule has 0 radical (unpaired) electrons. The Balaban J connectivity index is 1.89. The molecule has 1 aromatic heterocycles. The summed E-state index contributed by atoms with van der Waals surface area (Å²) in [6, 6.07) is 11.5. The van der Waals surface area contributed by atoms with Gasteiger partial charge in [0, 0.05) is 5.02 Å². The summed E-state index contributed by atoms with van der Waals surface area (Å²) in [5.41, 5.74) is 1.02. The predicted octanol–water partition coefficient (Wildman–Crippen LogP) is 2.88. The van der Waals surface area contributed by atoms with Crippen LogP contribution >= 0.6 is 11.6 Å². The lowest BCUT2D eigenvalue weighted by Gasteiger charge is -2.19. The Bertz CT molecular complexity index is 1400. The summed E-state index contributed by atoms with van der Waals surface area (Å²) in [5, 5.41) is 9.95. The summed E-state index contributed by atoms with van der Waals surface area (Å²) in [5.74, 6) is -1.25. The van der Waals surface area contributed by atoms with Crippen molar-refractivity contribution in [1.82, 2.24) is 14.1 Å². The second-order valence-electron chi connectivity index (χ2n) is 8.34. The van der Waals surface area contributed by atoms with Gasteiger partial charge >= 0.3 is 17.3 Å². The third kappa shape index (κ3) is 4.84. The lowest BCUT2D eigenvalue weighted by atomic mass is 10.0. The molecule has 178 valence electrons. The van der Waals surface area contributed by atoms with Crippen molar-refractivity contribution in [1.29, 1.82) is 0 Å². The van der Waals surface area contributed by atoms with E-state index in [1.165, 1.54) is 18.4 Å². The van der Waals surface area contributed by atoms with E-state index in [2.05, 4.69) is 9.98 Å². The average molecular weight is 485 g/mol. The van der Waals surface area contributed by atoms with Gasteiger partial charge in [0.25, 0.3) is 0 Å². The first-order valence-corrected chi connectivity index (χ1v) is 11.4. The van der Waals surface area contributed by atoms with Crippen molar-refractivity contribution in [3.8, 4) is 5.75 Å². The number of benzene rings is 2. The van der Waals surface area contributed by atoms with Crippen LogP contribution in [-0.4, -0.2) is 31.8 Å². The zero-order chi connectivity index (χ0) is 24.4. The van der Waals surface area contributed by atoms with Crippen LogP contribution < -0.4 is 21.7 Å². The average Bonchev–Trinajstić information content (AvgIpc) is 2.82. The molecular weight excluding hydrogens is 460 g/mol. The normalized spacial score (nSPS) is 15.3. The van der Waals surface area contributed by atoms with Gasteiger partial charge in [0.05, 0.1) is 30.8 Å². The molecule has 2 aromatic carbocycles.